The van der Waals surface area contributed by atoms with Crippen molar-refractivity contribution >= 4 is 5.91 Å². The van der Waals surface area contributed by atoms with Crippen LogP contribution in [0.15, 0.2) is 30.3 Å². The molecule has 104 valence electrons. The van der Waals surface area contributed by atoms with Gasteiger partial charge >= 0.3 is 0 Å². The fraction of sp³-hybridized carbons (Fsp3) is 0.500. The van der Waals surface area contributed by atoms with Crippen molar-refractivity contribution in [1.82, 2.24) is 5.32 Å². The lowest BCUT2D eigenvalue weighted by Gasteiger charge is -2.26. The average molecular weight is 265 g/mol. The molecule has 2 N–H and O–H groups in total. The number of hydrogen-bond donors (Lipinski definition) is 2. The first kappa shape index (κ1) is 13.8. The van der Waals surface area contributed by atoms with Crippen molar-refractivity contribution in [3.8, 4) is 5.75 Å². The molecule has 1 aromatic carbocycles. The van der Waals surface area contributed by atoms with Gasteiger partial charge in [0, 0.05) is 19.6 Å². The molecule has 19 heavy (non-hydrogen) atoms. The summed E-state index contributed by atoms with van der Waals surface area (Å²) in [6.07, 6.45) is 0.274. The molecule has 1 heterocycles. The van der Waals surface area contributed by atoms with E-state index >= 15 is 0 Å². The minimum Gasteiger partial charge on any atom is -0.484 e. The summed E-state index contributed by atoms with van der Waals surface area (Å²) in [5.41, 5.74) is -0.970. The number of nitrogens with one attached hydrogen (secondary N) is 1. The van der Waals surface area contributed by atoms with Crippen LogP contribution in [0.3, 0.4) is 0 Å². The maximum atomic E-state index is 11.6. The van der Waals surface area contributed by atoms with Gasteiger partial charge in [0.2, 0.25) is 0 Å². The molecule has 2 atom stereocenters. The molecule has 0 saturated carbocycles. The number of amides is 1. The van der Waals surface area contributed by atoms with Crippen LogP contribution >= 0.6 is 0 Å². The van der Waals surface area contributed by atoms with E-state index < -0.39 is 5.60 Å². The van der Waals surface area contributed by atoms with Crippen molar-refractivity contribution in [3.05, 3.63) is 30.3 Å². The van der Waals surface area contributed by atoms with Crippen molar-refractivity contribution < 1.29 is 19.4 Å². The van der Waals surface area contributed by atoms with Gasteiger partial charge in [-0.1, -0.05) is 18.2 Å². The predicted octanol–water partition coefficient (Wildman–Crippen LogP) is 0.721. The van der Waals surface area contributed by atoms with Crippen LogP contribution in [-0.2, 0) is 9.53 Å². The number of benzene rings is 1. The van der Waals surface area contributed by atoms with Crippen molar-refractivity contribution in [2.75, 3.05) is 19.8 Å². The third-order valence-corrected chi connectivity index (χ3v) is 3.36. The number of ether oxygens (including phenoxy) is 2. The summed E-state index contributed by atoms with van der Waals surface area (Å²) in [4.78, 5) is 11.6. The highest BCUT2D eigenvalue weighted by Gasteiger charge is 2.39. The second-order valence-corrected chi connectivity index (χ2v) is 4.75. The molecular formula is C14H19NO4. The molecule has 0 spiro atoms. The lowest BCUT2D eigenvalue weighted by molar-refractivity contribution is -0.124. The topological polar surface area (TPSA) is 67.8 Å². The van der Waals surface area contributed by atoms with E-state index in [9.17, 15) is 9.90 Å². The molecule has 5 nitrogen and oxygen atoms in total. The van der Waals surface area contributed by atoms with Crippen molar-refractivity contribution in [2.45, 2.75) is 25.0 Å². The van der Waals surface area contributed by atoms with Gasteiger partial charge in [0.15, 0.2) is 6.61 Å². The first-order chi connectivity index (χ1) is 9.10. The molecule has 1 saturated heterocycles. The second kappa shape index (κ2) is 6.04. The smallest absolute Gasteiger partial charge is 0.258 e. The molecule has 0 aromatic heterocycles. The van der Waals surface area contributed by atoms with Gasteiger partial charge in [-0.15, -0.1) is 0 Å². The Morgan fingerprint density at radius 2 is 2.26 bits per heavy atom. The first-order valence-electron chi connectivity index (χ1n) is 6.39. The van der Waals surface area contributed by atoms with Crippen molar-refractivity contribution in [2.24, 2.45) is 0 Å². The molecule has 1 aliphatic heterocycles. The van der Waals surface area contributed by atoms with Crippen LogP contribution in [0.4, 0.5) is 0 Å². The molecule has 0 radical (unpaired) electrons. The first-order valence-corrected chi connectivity index (χ1v) is 6.39. The standard InChI is InChI=1S/C14H19NO4/c1-11-14(17,7-8-18-11)10-15-13(16)9-19-12-5-3-2-4-6-12/h2-6,11,17H,7-10H2,1H3,(H,15,16). The minimum absolute atomic E-state index is 0.0602. The monoisotopic (exact) mass is 265 g/mol. The average Bonchev–Trinajstić information content (AvgIpc) is 2.76. The van der Waals surface area contributed by atoms with E-state index in [0.29, 0.717) is 18.8 Å². The minimum atomic E-state index is -0.970. The third kappa shape index (κ3) is 3.68. The molecule has 1 aromatic rings. The van der Waals surface area contributed by atoms with Gasteiger partial charge in [-0.25, -0.2) is 0 Å². The second-order valence-electron chi connectivity index (χ2n) is 4.75. The quantitative estimate of drug-likeness (QED) is 0.823. The van der Waals surface area contributed by atoms with Gasteiger partial charge in [0.05, 0.1) is 6.10 Å². The molecule has 2 unspecified atom stereocenters. The van der Waals surface area contributed by atoms with Gasteiger partial charge in [0.25, 0.3) is 5.91 Å². The SMILES string of the molecule is CC1OCCC1(O)CNC(=O)COc1ccccc1. The Bertz CT molecular complexity index is 423. The van der Waals surface area contributed by atoms with Gasteiger partial charge in [-0.05, 0) is 19.1 Å². The molecule has 0 bridgehead atoms. The lowest BCUT2D eigenvalue weighted by atomic mass is 9.97. The Hall–Kier alpha value is -1.59. The van der Waals surface area contributed by atoms with Crippen LogP contribution in [0.25, 0.3) is 0 Å². The van der Waals surface area contributed by atoms with E-state index in [2.05, 4.69) is 5.32 Å². The Labute approximate surface area is 112 Å². The normalized spacial score (nSPS) is 26.1. The number of hydrogen-bond acceptors (Lipinski definition) is 4. The van der Waals surface area contributed by atoms with E-state index in [4.69, 9.17) is 9.47 Å². The van der Waals surface area contributed by atoms with Gasteiger partial charge in [-0.2, -0.15) is 0 Å². The van der Waals surface area contributed by atoms with E-state index in [1.807, 2.05) is 18.2 Å². The summed E-state index contributed by atoms with van der Waals surface area (Å²) in [5, 5.41) is 12.9. The lowest BCUT2D eigenvalue weighted by Crippen LogP contribution is -2.48. The summed E-state index contributed by atoms with van der Waals surface area (Å²) in [6.45, 7) is 2.45. The van der Waals surface area contributed by atoms with Crippen LogP contribution in [0.1, 0.15) is 13.3 Å². The van der Waals surface area contributed by atoms with Crippen molar-refractivity contribution in [1.29, 1.82) is 0 Å². The number of carbonyl (C=O) groups excluding carboxylic acids is 1. The van der Waals surface area contributed by atoms with E-state index in [1.54, 1.807) is 19.1 Å². The van der Waals surface area contributed by atoms with E-state index in [0.717, 1.165) is 0 Å². The molecule has 5 heteroatoms. The largest absolute Gasteiger partial charge is 0.484 e. The molecule has 0 aliphatic carbocycles. The number of aliphatic hydroxyl groups is 1. The Kier molecular flexibility index (Phi) is 4.39. The van der Waals surface area contributed by atoms with Crippen LogP contribution in [0.2, 0.25) is 0 Å². The summed E-state index contributed by atoms with van der Waals surface area (Å²) >= 11 is 0. The maximum absolute atomic E-state index is 11.6. The fourth-order valence-corrected chi connectivity index (χ4v) is 1.97. The highest BCUT2D eigenvalue weighted by molar-refractivity contribution is 5.77. The number of carbonyl (C=O) groups is 1. The van der Waals surface area contributed by atoms with Gasteiger partial charge in [0.1, 0.15) is 11.4 Å². The fourth-order valence-electron chi connectivity index (χ4n) is 1.97. The summed E-state index contributed by atoms with van der Waals surface area (Å²) in [6, 6.07) is 9.13. The van der Waals surface area contributed by atoms with Crippen LogP contribution in [0.5, 0.6) is 5.75 Å². The Morgan fingerprint density at radius 1 is 1.53 bits per heavy atom. The Morgan fingerprint density at radius 3 is 2.89 bits per heavy atom. The zero-order chi connectivity index (χ0) is 13.7. The summed E-state index contributed by atoms with van der Waals surface area (Å²) < 4.78 is 10.6. The van der Waals surface area contributed by atoms with Gasteiger partial charge < -0.3 is 19.9 Å². The molecular weight excluding hydrogens is 246 g/mol. The molecule has 1 aliphatic rings. The van der Waals surface area contributed by atoms with Crippen LogP contribution < -0.4 is 10.1 Å². The van der Waals surface area contributed by atoms with Crippen LogP contribution in [0, 0.1) is 0 Å². The predicted molar refractivity (Wildman–Crippen MR) is 69.9 cm³/mol. The Balaban J connectivity index is 1.73. The molecule has 1 fully saturated rings. The molecule has 1 amide bonds. The maximum Gasteiger partial charge on any atom is 0.258 e. The van der Waals surface area contributed by atoms with Crippen LogP contribution in [-0.4, -0.2) is 42.5 Å². The van der Waals surface area contributed by atoms with E-state index in [-0.39, 0.29) is 25.2 Å². The number of para-hydroxylation sites is 1. The zero-order valence-electron chi connectivity index (χ0n) is 11.0. The summed E-state index contributed by atoms with van der Waals surface area (Å²) in [7, 11) is 0. The van der Waals surface area contributed by atoms with Crippen molar-refractivity contribution in [3.63, 3.8) is 0 Å². The zero-order valence-corrected chi connectivity index (χ0v) is 11.0. The summed E-state index contributed by atoms with van der Waals surface area (Å²) in [5.74, 6) is 0.394. The third-order valence-electron chi connectivity index (χ3n) is 3.36. The van der Waals surface area contributed by atoms with Gasteiger partial charge in [-0.3, -0.25) is 4.79 Å². The number of rotatable bonds is 5. The highest BCUT2D eigenvalue weighted by Crippen LogP contribution is 2.24. The highest BCUT2D eigenvalue weighted by atomic mass is 16.5. The molecule has 2 rings (SSSR count). The van der Waals surface area contributed by atoms with E-state index in [1.165, 1.54) is 0 Å².